The minimum Gasteiger partial charge on any atom is -0.265 e. The van der Waals surface area contributed by atoms with Crippen LogP contribution in [0.5, 0.6) is 0 Å². The van der Waals surface area contributed by atoms with Crippen LogP contribution in [0.2, 0.25) is 0 Å². The second-order valence-electron chi connectivity index (χ2n) is 3.37. The van der Waals surface area contributed by atoms with E-state index in [1.807, 2.05) is 17.7 Å². The summed E-state index contributed by atoms with van der Waals surface area (Å²) in [5, 5.41) is 4.18. The molecule has 0 N–H and O–H groups in total. The van der Waals surface area contributed by atoms with Crippen molar-refractivity contribution in [3.63, 3.8) is 0 Å². The van der Waals surface area contributed by atoms with Crippen molar-refractivity contribution in [1.82, 2.24) is 9.78 Å². The SMILES string of the molecule is Cc1ccnn1Cc1ccc(F)cc1Br. The van der Waals surface area contributed by atoms with E-state index >= 15 is 0 Å². The molecule has 0 saturated carbocycles. The summed E-state index contributed by atoms with van der Waals surface area (Å²) in [4.78, 5) is 0. The van der Waals surface area contributed by atoms with Gasteiger partial charge < -0.3 is 0 Å². The van der Waals surface area contributed by atoms with Gasteiger partial charge in [-0.25, -0.2) is 4.39 Å². The Morgan fingerprint density at radius 1 is 1.40 bits per heavy atom. The number of nitrogens with zero attached hydrogens (tertiary/aromatic N) is 2. The molecule has 2 rings (SSSR count). The van der Waals surface area contributed by atoms with Crippen molar-refractivity contribution in [3.8, 4) is 0 Å². The fourth-order valence-electron chi connectivity index (χ4n) is 1.38. The monoisotopic (exact) mass is 268 g/mol. The maximum Gasteiger partial charge on any atom is 0.124 e. The molecule has 0 aliphatic carbocycles. The molecule has 1 aromatic heterocycles. The number of hydrogen-bond donors (Lipinski definition) is 0. The molecule has 15 heavy (non-hydrogen) atoms. The van der Waals surface area contributed by atoms with Crippen LogP contribution in [0.1, 0.15) is 11.3 Å². The van der Waals surface area contributed by atoms with E-state index in [0.717, 1.165) is 15.7 Å². The topological polar surface area (TPSA) is 17.8 Å². The number of aryl methyl sites for hydroxylation is 1. The molecule has 0 radical (unpaired) electrons. The van der Waals surface area contributed by atoms with E-state index in [1.165, 1.54) is 12.1 Å². The summed E-state index contributed by atoms with van der Waals surface area (Å²) in [7, 11) is 0. The number of rotatable bonds is 2. The molecule has 0 atom stereocenters. The van der Waals surface area contributed by atoms with Crippen molar-refractivity contribution < 1.29 is 4.39 Å². The number of hydrogen-bond acceptors (Lipinski definition) is 1. The van der Waals surface area contributed by atoms with Gasteiger partial charge in [-0.3, -0.25) is 4.68 Å². The Hall–Kier alpha value is -1.16. The zero-order chi connectivity index (χ0) is 10.8. The van der Waals surface area contributed by atoms with Crippen LogP contribution < -0.4 is 0 Å². The van der Waals surface area contributed by atoms with Crippen LogP contribution in [0.4, 0.5) is 4.39 Å². The maximum atomic E-state index is 12.9. The predicted molar refractivity (Wildman–Crippen MR) is 60.2 cm³/mol. The summed E-state index contributed by atoms with van der Waals surface area (Å²) in [5.74, 6) is -0.234. The van der Waals surface area contributed by atoms with E-state index in [0.29, 0.717) is 6.54 Å². The fourth-order valence-corrected chi connectivity index (χ4v) is 1.85. The third-order valence-electron chi connectivity index (χ3n) is 2.26. The van der Waals surface area contributed by atoms with Crippen LogP contribution in [0.25, 0.3) is 0 Å². The highest BCUT2D eigenvalue weighted by Gasteiger charge is 2.04. The Labute approximate surface area is 95.9 Å². The molecule has 2 aromatic rings. The number of halogens is 2. The lowest BCUT2D eigenvalue weighted by Crippen LogP contribution is -2.04. The van der Waals surface area contributed by atoms with Gasteiger partial charge in [-0.15, -0.1) is 0 Å². The quantitative estimate of drug-likeness (QED) is 0.819. The van der Waals surface area contributed by atoms with Crippen LogP contribution in [0.3, 0.4) is 0 Å². The largest absolute Gasteiger partial charge is 0.265 e. The minimum absolute atomic E-state index is 0.234. The minimum atomic E-state index is -0.234. The third kappa shape index (κ3) is 2.26. The van der Waals surface area contributed by atoms with Gasteiger partial charge in [-0.2, -0.15) is 5.10 Å². The lowest BCUT2D eigenvalue weighted by atomic mass is 10.2. The molecule has 4 heteroatoms. The van der Waals surface area contributed by atoms with Crippen LogP contribution in [0, 0.1) is 12.7 Å². The van der Waals surface area contributed by atoms with Crippen molar-refractivity contribution >= 4 is 15.9 Å². The van der Waals surface area contributed by atoms with Crippen LogP contribution in [-0.2, 0) is 6.54 Å². The lowest BCUT2D eigenvalue weighted by Gasteiger charge is -2.06. The highest BCUT2D eigenvalue weighted by Crippen LogP contribution is 2.19. The molecule has 1 heterocycles. The Morgan fingerprint density at radius 3 is 2.80 bits per heavy atom. The van der Waals surface area contributed by atoms with E-state index in [9.17, 15) is 4.39 Å². The van der Waals surface area contributed by atoms with E-state index in [4.69, 9.17) is 0 Å². The summed E-state index contributed by atoms with van der Waals surface area (Å²) < 4.78 is 15.5. The second kappa shape index (κ2) is 4.14. The van der Waals surface area contributed by atoms with Crippen molar-refractivity contribution in [2.24, 2.45) is 0 Å². The Kier molecular flexibility index (Phi) is 2.86. The van der Waals surface area contributed by atoms with E-state index in [-0.39, 0.29) is 5.82 Å². The Balaban J connectivity index is 2.29. The molecule has 2 nitrogen and oxygen atoms in total. The summed E-state index contributed by atoms with van der Waals surface area (Å²) in [5.41, 5.74) is 2.11. The van der Waals surface area contributed by atoms with Gasteiger partial charge in [0.15, 0.2) is 0 Å². The van der Waals surface area contributed by atoms with Crippen LogP contribution >= 0.6 is 15.9 Å². The van der Waals surface area contributed by atoms with Crippen molar-refractivity contribution in [1.29, 1.82) is 0 Å². The van der Waals surface area contributed by atoms with Gasteiger partial charge in [0.05, 0.1) is 6.54 Å². The highest BCUT2D eigenvalue weighted by atomic mass is 79.9. The molecule has 0 saturated heterocycles. The van der Waals surface area contributed by atoms with Crippen molar-refractivity contribution in [3.05, 3.63) is 52.0 Å². The lowest BCUT2D eigenvalue weighted by molar-refractivity contribution is 0.621. The first-order valence-electron chi connectivity index (χ1n) is 4.59. The molecular weight excluding hydrogens is 259 g/mol. The van der Waals surface area contributed by atoms with Gasteiger partial charge in [0.2, 0.25) is 0 Å². The average molecular weight is 269 g/mol. The summed E-state index contributed by atoms with van der Waals surface area (Å²) in [6.07, 6.45) is 1.76. The molecule has 0 amide bonds. The predicted octanol–water partition coefficient (Wildman–Crippen LogP) is 3.14. The van der Waals surface area contributed by atoms with Gasteiger partial charge in [0.1, 0.15) is 5.82 Å². The first kappa shape index (κ1) is 10.4. The fraction of sp³-hybridized carbons (Fsp3) is 0.182. The normalized spacial score (nSPS) is 10.6. The average Bonchev–Trinajstić information content (AvgIpc) is 2.57. The second-order valence-corrected chi connectivity index (χ2v) is 4.22. The Morgan fingerprint density at radius 2 is 2.20 bits per heavy atom. The van der Waals surface area contributed by atoms with Gasteiger partial charge in [0.25, 0.3) is 0 Å². The van der Waals surface area contributed by atoms with Gasteiger partial charge in [-0.1, -0.05) is 22.0 Å². The summed E-state index contributed by atoms with van der Waals surface area (Å²) in [6, 6.07) is 6.63. The molecule has 0 aliphatic heterocycles. The van der Waals surface area contributed by atoms with Gasteiger partial charge >= 0.3 is 0 Å². The summed E-state index contributed by atoms with van der Waals surface area (Å²) in [6.45, 7) is 2.64. The molecule has 78 valence electrons. The van der Waals surface area contributed by atoms with Gasteiger partial charge in [0, 0.05) is 16.4 Å². The first-order valence-corrected chi connectivity index (χ1v) is 5.38. The number of benzene rings is 1. The van der Waals surface area contributed by atoms with E-state index < -0.39 is 0 Å². The molecule has 0 aliphatic rings. The van der Waals surface area contributed by atoms with E-state index in [1.54, 1.807) is 12.3 Å². The zero-order valence-electron chi connectivity index (χ0n) is 8.24. The standard InChI is InChI=1S/C11H10BrFN2/c1-8-4-5-14-15(8)7-9-2-3-10(13)6-11(9)12/h2-6H,7H2,1H3. The molecule has 1 aromatic carbocycles. The molecule has 0 fully saturated rings. The molecule has 0 unspecified atom stereocenters. The zero-order valence-corrected chi connectivity index (χ0v) is 9.83. The molecule has 0 bridgehead atoms. The first-order chi connectivity index (χ1) is 7.16. The number of aromatic nitrogens is 2. The molecular formula is C11H10BrFN2. The van der Waals surface area contributed by atoms with E-state index in [2.05, 4.69) is 21.0 Å². The third-order valence-corrected chi connectivity index (χ3v) is 3.00. The Bertz CT molecular complexity index is 479. The summed E-state index contributed by atoms with van der Waals surface area (Å²) >= 11 is 3.34. The van der Waals surface area contributed by atoms with Crippen molar-refractivity contribution in [2.75, 3.05) is 0 Å². The van der Waals surface area contributed by atoms with Crippen molar-refractivity contribution in [2.45, 2.75) is 13.5 Å². The van der Waals surface area contributed by atoms with Crippen LogP contribution in [0.15, 0.2) is 34.9 Å². The molecule has 0 spiro atoms. The van der Waals surface area contributed by atoms with Crippen LogP contribution in [-0.4, -0.2) is 9.78 Å². The van der Waals surface area contributed by atoms with Gasteiger partial charge in [-0.05, 0) is 30.7 Å². The smallest absolute Gasteiger partial charge is 0.124 e. The maximum absolute atomic E-state index is 12.9. The highest BCUT2D eigenvalue weighted by molar-refractivity contribution is 9.10.